The van der Waals surface area contributed by atoms with Gasteiger partial charge in [0.1, 0.15) is 11.6 Å². The summed E-state index contributed by atoms with van der Waals surface area (Å²) in [6.07, 6.45) is 1.77. The van der Waals surface area contributed by atoms with Crippen LogP contribution in [0.15, 0.2) is 39.4 Å². The van der Waals surface area contributed by atoms with Crippen LogP contribution in [0.2, 0.25) is 0 Å². The molecule has 18 heavy (non-hydrogen) atoms. The molecule has 2 aromatic rings. The van der Waals surface area contributed by atoms with Gasteiger partial charge in [-0.2, -0.15) is 0 Å². The van der Waals surface area contributed by atoms with E-state index in [9.17, 15) is 0 Å². The number of ether oxygens (including phenoxy) is 1. The Kier molecular flexibility index (Phi) is 4.24. The van der Waals surface area contributed by atoms with E-state index in [2.05, 4.69) is 42.2 Å². The van der Waals surface area contributed by atoms with Crippen LogP contribution in [0.25, 0.3) is 0 Å². The summed E-state index contributed by atoms with van der Waals surface area (Å²) in [6.45, 7) is 2.01. The molecule has 0 spiro atoms. The first kappa shape index (κ1) is 13.4. The average Bonchev–Trinajstić information content (AvgIpc) is 2.35. The Bertz CT molecular complexity index is 573. The smallest absolute Gasteiger partial charge is 0.133 e. The van der Waals surface area contributed by atoms with Gasteiger partial charge in [0, 0.05) is 21.2 Å². The Morgan fingerprint density at radius 3 is 2.67 bits per heavy atom. The van der Waals surface area contributed by atoms with E-state index in [1.54, 1.807) is 13.3 Å². The molecule has 0 unspecified atom stereocenters. The second-order valence-corrected chi connectivity index (χ2v) is 5.56. The summed E-state index contributed by atoms with van der Waals surface area (Å²) >= 11 is 6.90. The van der Waals surface area contributed by atoms with Crippen molar-refractivity contribution < 1.29 is 4.74 Å². The molecule has 0 fully saturated rings. The van der Waals surface area contributed by atoms with Crippen LogP contribution < -0.4 is 10.1 Å². The second kappa shape index (κ2) is 5.71. The number of benzene rings is 1. The number of nitrogens with one attached hydrogen (secondary N) is 1. The van der Waals surface area contributed by atoms with Gasteiger partial charge in [-0.25, -0.2) is 4.98 Å². The summed E-state index contributed by atoms with van der Waals surface area (Å²) in [5.41, 5.74) is 1.99. The molecule has 0 saturated carbocycles. The first-order valence-electron chi connectivity index (χ1n) is 5.33. The summed E-state index contributed by atoms with van der Waals surface area (Å²) in [5.74, 6) is 1.63. The topological polar surface area (TPSA) is 34.1 Å². The molecule has 0 aliphatic heterocycles. The predicted octanol–water partition coefficient (Wildman–Crippen LogP) is 4.67. The third kappa shape index (κ3) is 3.03. The van der Waals surface area contributed by atoms with Gasteiger partial charge in [0.15, 0.2) is 0 Å². The Balaban J connectivity index is 2.33. The number of aromatic nitrogens is 1. The summed E-state index contributed by atoms with van der Waals surface area (Å²) in [5, 5.41) is 3.28. The van der Waals surface area contributed by atoms with E-state index in [1.807, 2.05) is 31.2 Å². The minimum absolute atomic E-state index is 0.801. The maximum atomic E-state index is 5.21. The first-order chi connectivity index (χ1) is 8.60. The lowest BCUT2D eigenvalue weighted by atomic mass is 10.2. The predicted molar refractivity (Wildman–Crippen MR) is 80.7 cm³/mol. The van der Waals surface area contributed by atoms with Gasteiger partial charge in [-0.05, 0) is 62.5 Å². The average molecular weight is 372 g/mol. The van der Waals surface area contributed by atoms with E-state index in [4.69, 9.17) is 4.74 Å². The number of hydrogen-bond acceptors (Lipinski definition) is 3. The normalized spacial score (nSPS) is 10.2. The van der Waals surface area contributed by atoms with Crippen molar-refractivity contribution in [3.63, 3.8) is 0 Å². The number of nitrogens with zero attached hydrogens (tertiary/aromatic N) is 1. The number of halogens is 2. The van der Waals surface area contributed by atoms with Crippen molar-refractivity contribution in [3.05, 3.63) is 45.0 Å². The highest BCUT2D eigenvalue weighted by Gasteiger charge is 2.06. The third-order valence-electron chi connectivity index (χ3n) is 2.47. The maximum absolute atomic E-state index is 5.21. The highest BCUT2D eigenvalue weighted by Crippen LogP contribution is 2.30. The minimum atomic E-state index is 0.801. The summed E-state index contributed by atoms with van der Waals surface area (Å²) < 4.78 is 7.14. The number of aryl methyl sites for hydroxylation is 1. The fraction of sp³-hybridized carbons (Fsp3) is 0.154. The van der Waals surface area contributed by atoms with Gasteiger partial charge in [0.2, 0.25) is 0 Å². The lowest BCUT2D eigenvalue weighted by molar-refractivity contribution is 0.415. The molecule has 5 heteroatoms. The molecule has 0 saturated heterocycles. The molecule has 1 aromatic heterocycles. The van der Waals surface area contributed by atoms with Crippen molar-refractivity contribution >= 4 is 43.4 Å². The van der Waals surface area contributed by atoms with Crippen LogP contribution in [-0.2, 0) is 0 Å². The molecule has 1 heterocycles. The zero-order valence-electron chi connectivity index (χ0n) is 10.00. The van der Waals surface area contributed by atoms with E-state index in [-0.39, 0.29) is 0 Å². The number of anilines is 2. The fourth-order valence-corrected chi connectivity index (χ4v) is 2.32. The van der Waals surface area contributed by atoms with Gasteiger partial charge in [0.05, 0.1) is 12.8 Å². The van der Waals surface area contributed by atoms with Gasteiger partial charge in [0.25, 0.3) is 0 Å². The first-order valence-corrected chi connectivity index (χ1v) is 6.91. The Hall–Kier alpha value is -1.07. The van der Waals surface area contributed by atoms with E-state index in [0.29, 0.717) is 0 Å². The molecule has 0 amide bonds. The van der Waals surface area contributed by atoms with Gasteiger partial charge in [-0.3, -0.25) is 0 Å². The van der Waals surface area contributed by atoms with Crippen molar-refractivity contribution in [2.75, 3.05) is 12.4 Å². The molecular formula is C13H12Br2N2O. The largest absolute Gasteiger partial charge is 0.497 e. The SMILES string of the molecule is COc1ccc(Br)c(Nc2ncc(Br)cc2C)c1. The fourth-order valence-electron chi connectivity index (χ4n) is 1.53. The Morgan fingerprint density at radius 1 is 1.22 bits per heavy atom. The zero-order chi connectivity index (χ0) is 13.1. The highest BCUT2D eigenvalue weighted by atomic mass is 79.9. The Labute approximate surface area is 123 Å². The molecule has 1 N–H and O–H groups in total. The lowest BCUT2D eigenvalue weighted by Gasteiger charge is -2.11. The quantitative estimate of drug-likeness (QED) is 0.851. The number of hydrogen-bond donors (Lipinski definition) is 1. The number of methoxy groups -OCH3 is 1. The van der Waals surface area contributed by atoms with Crippen molar-refractivity contribution in [1.29, 1.82) is 0 Å². The lowest BCUT2D eigenvalue weighted by Crippen LogP contribution is -1.97. The Morgan fingerprint density at radius 2 is 2.00 bits per heavy atom. The van der Waals surface area contributed by atoms with Crippen molar-refractivity contribution in [3.8, 4) is 5.75 Å². The van der Waals surface area contributed by atoms with E-state index < -0.39 is 0 Å². The standard InChI is InChI=1S/C13H12Br2N2O/c1-8-5-9(14)7-16-13(8)17-12-6-10(18-2)3-4-11(12)15/h3-7H,1-2H3,(H,16,17). The van der Waals surface area contributed by atoms with E-state index >= 15 is 0 Å². The zero-order valence-corrected chi connectivity index (χ0v) is 13.2. The van der Waals surface area contributed by atoms with Crippen molar-refractivity contribution in [1.82, 2.24) is 4.98 Å². The van der Waals surface area contributed by atoms with E-state index in [1.165, 1.54) is 0 Å². The monoisotopic (exact) mass is 370 g/mol. The highest BCUT2D eigenvalue weighted by molar-refractivity contribution is 9.10. The summed E-state index contributed by atoms with van der Waals surface area (Å²) in [4.78, 5) is 4.35. The van der Waals surface area contributed by atoms with Gasteiger partial charge in [-0.1, -0.05) is 0 Å². The maximum Gasteiger partial charge on any atom is 0.133 e. The van der Waals surface area contributed by atoms with Crippen molar-refractivity contribution in [2.45, 2.75) is 6.92 Å². The molecule has 0 aliphatic carbocycles. The molecule has 3 nitrogen and oxygen atoms in total. The number of pyridine rings is 1. The molecule has 2 rings (SSSR count). The van der Waals surface area contributed by atoms with Crippen LogP contribution in [0, 0.1) is 6.92 Å². The molecule has 1 aromatic carbocycles. The van der Waals surface area contributed by atoms with Crippen LogP contribution in [0.4, 0.5) is 11.5 Å². The van der Waals surface area contributed by atoms with Crippen LogP contribution in [0.3, 0.4) is 0 Å². The van der Waals surface area contributed by atoms with Gasteiger partial charge >= 0.3 is 0 Å². The summed E-state index contributed by atoms with van der Waals surface area (Å²) in [6, 6.07) is 7.78. The number of rotatable bonds is 3. The van der Waals surface area contributed by atoms with Crippen LogP contribution in [0.5, 0.6) is 5.75 Å². The van der Waals surface area contributed by atoms with Gasteiger partial charge in [-0.15, -0.1) is 0 Å². The molecule has 0 aliphatic rings. The van der Waals surface area contributed by atoms with E-state index in [0.717, 1.165) is 31.8 Å². The molecular weight excluding hydrogens is 360 g/mol. The van der Waals surface area contributed by atoms with Crippen LogP contribution in [-0.4, -0.2) is 12.1 Å². The molecule has 0 atom stereocenters. The second-order valence-electron chi connectivity index (χ2n) is 3.79. The van der Waals surface area contributed by atoms with Crippen LogP contribution >= 0.6 is 31.9 Å². The molecule has 94 valence electrons. The van der Waals surface area contributed by atoms with Crippen molar-refractivity contribution in [2.24, 2.45) is 0 Å². The summed E-state index contributed by atoms with van der Waals surface area (Å²) in [7, 11) is 1.65. The molecule has 0 radical (unpaired) electrons. The van der Waals surface area contributed by atoms with Crippen LogP contribution in [0.1, 0.15) is 5.56 Å². The van der Waals surface area contributed by atoms with Gasteiger partial charge < -0.3 is 10.1 Å². The third-order valence-corrected chi connectivity index (χ3v) is 3.60. The molecule has 0 bridgehead atoms. The minimum Gasteiger partial charge on any atom is -0.497 e.